The summed E-state index contributed by atoms with van der Waals surface area (Å²) < 4.78 is 0. The summed E-state index contributed by atoms with van der Waals surface area (Å²) in [5, 5.41) is 14.8. The smallest absolute Gasteiger partial charge is 0.0468 e. The number of hydrogen-bond acceptors (Lipinski definition) is 1. The molecule has 0 N–H and O–H groups in total. The Balaban J connectivity index is 1.02. The summed E-state index contributed by atoms with van der Waals surface area (Å²) in [7, 11) is 0. The van der Waals surface area contributed by atoms with Crippen molar-refractivity contribution in [3.05, 3.63) is 309 Å². The van der Waals surface area contributed by atoms with E-state index in [-0.39, 0.29) is 0 Å². The first-order valence-corrected chi connectivity index (χ1v) is 27.3. The number of nitrogens with zero attached hydrogens (tertiary/aromatic N) is 1. The molecule has 1 heteroatoms. The lowest BCUT2D eigenvalue weighted by molar-refractivity contribution is 1.29. The standard InChI is InChI=1S/C78H51N/c1-3-24-61(25-4-1)79(62-26-5-2-6-27-62)63-48-49-72-75(50-63)70-31-13-14-32-71(70)78-76(60-46-44-57(45-47-60)69-35-17-23-54-20-9-12-30-66(54)69)73(58-40-36-55(37-41-58)67-33-15-21-52-18-7-10-28-64(52)67)51-74(77(72)78)59-42-38-56(39-43-59)68-34-16-22-53-19-8-11-29-65(53)68/h1-51H. The van der Waals surface area contributed by atoms with Crippen LogP contribution in [0.15, 0.2) is 309 Å². The fraction of sp³-hybridized carbons (Fsp3) is 0. The second-order valence-corrected chi connectivity index (χ2v) is 20.7. The molecule has 0 saturated heterocycles. The van der Waals surface area contributed by atoms with Crippen LogP contribution in [0.5, 0.6) is 0 Å². The summed E-state index contributed by atoms with van der Waals surface area (Å²) in [5.74, 6) is 0. The summed E-state index contributed by atoms with van der Waals surface area (Å²) >= 11 is 0. The maximum Gasteiger partial charge on any atom is 0.0468 e. The van der Waals surface area contributed by atoms with E-state index < -0.39 is 0 Å². The molecule has 0 aliphatic rings. The van der Waals surface area contributed by atoms with Gasteiger partial charge in [-0.05, 0) is 174 Å². The average molecular weight is 1000 g/mol. The minimum atomic E-state index is 1.10. The molecule has 0 bridgehead atoms. The van der Waals surface area contributed by atoms with E-state index in [0.29, 0.717) is 0 Å². The van der Waals surface area contributed by atoms with Crippen LogP contribution in [0.1, 0.15) is 0 Å². The van der Waals surface area contributed by atoms with Crippen molar-refractivity contribution in [1.29, 1.82) is 0 Å². The van der Waals surface area contributed by atoms with Crippen LogP contribution in [0, 0.1) is 0 Å². The van der Waals surface area contributed by atoms with Crippen LogP contribution in [0.25, 0.3) is 131 Å². The van der Waals surface area contributed by atoms with E-state index >= 15 is 0 Å². The lowest BCUT2D eigenvalue weighted by Gasteiger charge is -2.27. The van der Waals surface area contributed by atoms with Gasteiger partial charge in [0, 0.05) is 17.1 Å². The van der Waals surface area contributed by atoms with Crippen LogP contribution in [-0.2, 0) is 0 Å². The van der Waals surface area contributed by atoms with E-state index in [1.165, 1.54) is 120 Å². The maximum absolute atomic E-state index is 2.50. The summed E-state index contributed by atoms with van der Waals surface area (Å²) in [6.07, 6.45) is 0. The summed E-state index contributed by atoms with van der Waals surface area (Å²) in [4.78, 5) is 2.37. The molecule has 1 nitrogen and oxygen atoms in total. The zero-order chi connectivity index (χ0) is 52.2. The van der Waals surface area contributed by atoms with Crippen molar-refractivity contribution in [1.82, 2.24) is 0 Å². The average Bonchev–Trinajstić information content (AvgIpc) is 3.58. The first kappa shape index (κ1) is 46.0. The van der Waals surface area contributed by atoms with Crippen molar-refractivity contribution >= 4 is 81.7 Å². The molecule has 0 amide bonds. The Bertz CT molecular complexity index is 4730. The van der Waals surface area contributed by atoms with Crippen LogP contribution in [0.4, 0.5) is 17.1 Å². The van der Waals surface area contributed by atoms with E-state index in [1.807, 2.05) is 0 Å². The molecule has 15 aromatic rings. The Morgan fingerprint density at radius 1 is 0.177 bits per heavy atom. The molecule has 15 rings (SSSR count). The molecule has 79 heavy (non-hydrogen) atoms. The molecule has 0 atom stereocenters. The van der Waals surface area contributed by atoms with Gasteiger partial charge in [-0.25, -0.2) is 0 Å². The fourth-order valence-corrected chi connectivity index (χ4v) is 12.5. The molecule has 368 valence electrons. The molecule has 0 aromatic heterocycles. The zero-order valence-corrected chi connectivity index (χ0v) is 43.4. The number of fused-ring (bicyclic) bond motifs is 9. The highest BCUT2D eigenvalue weighted by Crippen LogP contribution is 2.51. The summed E-state index contributed by atoms with van der Waals surface area (Å²) in [6, 6.07) is 114. The zero-order valence-electron chi connectivity index (χ0n) is 43.4. The van der Waals surface area contributed by atoms with Gasteiger partial charge in [0.1, 0.15) is 0 Å². The topological polar surface area (TPSA) is 3.24 Å². The van der Waals surface area contributed by atoms with Crippen molar-refractivity contribution in [2.45, 2.75) is 0 Å². The Labute approximate surface area is 460 Å². The molecule has 0 aliphatic heterocycles. The third kappa shape index (κ3) is 8.02. The SMILES string of the molecule is c1ccc(N(c2ccccc2)c2ccc3c(c2)c2ccccc2c2c(-c4ccc(-c5cccc6ccccc56)cc4)c(-c4ccc(-c5cccc6ccccc56)cc4)cc(-c4ccc(-c5cccc6ccccc56)cc4)c32)cc1. The van der Waals surface area contributed by atoms with Crippen LogP contribution in [0.2, 0.25) is 0 Å². The number of benzene rings is 15. The highest BCUT2D eigenvalue weighted by atomic mass is 15.1. The normalized spacial score (nSPS) is 11.5. The van der Waals surface area contributed by atoms with Gasteiger partial charge in [-0.2, -0.15) is 0 Å². The summed E-state index contributed by atoms with van der Waals surface area (Å²) in [5.41, 5.74) is 17.7. The van der Waals surface area contributed by atoms with Gasteiger partial charge in [0.25, 0.3) is 0 Å². The molecule has 0 radical (unpaired) electrons. The largest absolute Gasteiger partial charge is 0.310 e. The highest BCUT2D eigenvalue weighted by Gasteiger charge is 2.24. The van der Waals surface area contributed by atoms with Crippen LogP contribution < -0.4 is 4.90 Å². The van der Waals surface area contributed by atoms with Gasteiger partial charge in [0.15, 0.2) is 0 Å². The second kappa shape index (κ2) is 19.3. The highest BCUT2D eigenvalue weighted by molar-refractivity contribution is 6.33. The van der Waals surface area contributed by atoms with Crippen LogP contribution in [-0.4, -0.2) is 0 Å². The van der Waals surface area contributed by atoms with Crippen molar-refractivity contribution in [3.63, 3.8) is 0 Å². The summed E-state index contributed by atoms with van der Waals surface area (Å²) in [6.45, 7) is 0. The fourth-order valence-electron chi connectivity index (χ4n) is 12.5. The van der Waals surface area contributed by atoms with Gasteiger partial charge in [-0.3, -0.25) is 0 Å². The molecule has 0 aliphatic carbocycles. The minimum Gasteiger partial charge on any atom is -0.310 e. The Kier molecular flexibility index (Phi) is 11.3. The predicted molar refractivity (Wildman–Crippen MR) is 339 cm³/mol. The van der Waals surface area contributed by atoms with Gasteiger partial charge in [-0.1, -0.05) is 267 Å². The minimum absolute atomic E-state index is 1.10. The molecule has 15 aromatic carbocycles. The van der Waals surface area contributed by atoms with E-state index in [4.69, 9.17) is 0 Å². The molecule has 0 fully saturated rings. The van der Waals surface area contributed by atoms with Gasteiger partial charge in [0.05, 0.1) is 0 Å². The van der Waals surface area contributed by atoms with Gasteiger partial charge in [0.2, 0.25) is 0 Å². The van der Waals surface area contributed by atoms with Gasteiger partial charge >= 0.3 is 0 Å². The Morgan fingerprint density at radius 2 is 0.532 bits per heavy atom. The monoisotopic (exact) mass is 1000 g/mol. The molecular weight excluding hydrogens is 951 g/mol. The molecular formula is C78H51N. The third-order valence-electron chi connectivity index (χ3n) is 16.2. The Hall–Kier alpha value is -10.3. The Morgan fingerprint density at radius 3 is 1.00 bits per heavy atom. The van der Waals surface area contributed by atoms with Crippen molar-refractivity contribution in [2.24, 2.45) is 0 Å². The van der Waals surface area contributed by atoms with E-state index in [1.54, 1.807) is 0 Å². The van der Waals surface area contributed by atoms with Gasteiger partial charge in [-0.15, -0.1) is 0 Å². The number of rotatable bonds is 9. The second-order valence-electron chi connectivity index (χ2n) is 20.7. The van der Waals surface area contributed by atoms with E-state index in [2.05, 4.69) is 314 Å². The molecule has 0 unspecified atom stereocenters. The molecule has 0 saturated carbocycles. The quantitative estimate of drug-likeness (QED) is 0.130. The molecule has 0 spiro atoms. The maximum atomic E-state index is 2.50. The number of anilines is 3. The lowest BCUT2D eigenvalue weighted by atomic mass is 9.80. The van der Waals surface area contributed by atoms with Crippen molar-refractivity contribution in [2.75, 3.05) is 4.90 Å². The first-order chi connectivity index (χ1) is 39.2. The third-order valence-corrected chi connectivity index (χ3v) is 16.2. The van der Waals surface area contributed by atoms with Crippen LogP contribution >= 0.6 is 0 Å². The van der Waals surface area contributed by atoms with Crippen molar-refractivity contribution in [3.8, 4) is 66.8 Å². The van der Waals surface area contributed by atoms with Gasteiger partial charge < -0.3 is 4.90 Å². The predicted octanol–water partition coefficient (Wildman–Crippen LogP) is 22.1. The van der Waals surface area contributed by atoms with E-state index in [9.17, 15) is 0 Å². The number of hydrogen-bond donors (Lipinski definition) is 0. The van der Waals surface area contributed by atoms with E-state index in [0.717, 1.165) is 28.2 Å². The lowest BCUT2D eigenvalue weighted by Crippen LogP contribution is -2.09. The first-order valence-electron chi connectivity index (χ1n) is 27.3. The molecule has 0 heterocycles. The number of para-hydroxylation sites is 2. The van der Waals surface area contributed by atoms with Crippen LogP contribution in [0.3, 0.4) is 0 Å². The van der Waals surface area contributed by atoms with Crippen molar-refractivity contribution < 1.29 is 0 Å².